The number of carbonyl (C=O) groups is 1. The summed E-state index contributed by atoms with van der Waals surface area (Å²) in [6.45, 7) is 7.64. The molecule has 1 fully saturated rings. The summed E-state index contributed by atoms with van der Waals surface area (Å²) in [6.07, 6.45) is 1.10. The number of nitrogens with zero attached hydrogens (tertiary/aromatic N) is 1. The summed E-state index contributed by atoms with van der Waals surface area (Å²) >= 11 is 0. The molecule has 1 saturated heterocycles. The number of aliphatic hydroxyl groups excluding tert-OH is 1. The van der Waals surface area contributed by atoms with Gasteiger partial charge in [-0.05, 0) is 26.2 Å². The number of carbonyl (C=O) groups excluding carboxylic acids is 1. The van der Waals surface area contributed by atoms with Crippen LogP contribution in [0.25, 0.3) is 0 Å². The van der Waals surface area contributed by atoms with Crippen LogP contribution < -0.4 is 0 Å². The Morgan fingerprint density at radius 2 is 2.25 bits per heavy atom. The molecule has 1 aliphatic heterocycles. The molecule has 0 bridgehead atoms. The molecule has 1 aliphatic rings. The number of piperidine rings is 1. The highest BCUT2D eigenvalue weighted by Crippen LogP contribution is 2.17. The van der Waals surface area contributed by atoms with Crippen molar-refractivity contribution in [3.05, 3.63) is 0 Å². The Morgan fingerprint density at radius 1 is 1.56 bits per heavy atom. The predicted octanol–water partition coefficient (Wildman–Crippen LogP) is 1.03. The van der Waals surface area contributed by atoms with Crippen molar-refractivity contribution in [2.75, 3.05) is 19.7 Å². The molecule has 1 N–H and O–H groups in total. The zero-order valence-electron chi connectivity index (χ0n) is 10.5. The summed E-state index contributed by atoms with van der Waals surface area (Å²) in [6, 6.07) is 0. The molecule has 4 nitrogen and oxygen atoms in total. The van der Waals surface area contributed by atoms with Crippen LogP contribution in [0.2, 0.25) is 0 Å². The highest BCUT2D eigenvalue weighted by molar-refractivity contribution is 5.76. The Balaban J connectivity index is 2.26. The van der Waals surface area contributed by atoms with Gasteiger partial charge in [-0.1, -0.05) is 6.92 Å². The first-order valence-corrected chi connectivity index (χ1v) is 6.08. The zero-order chi connectivity index (χ0) is 12.1. The van der Waals surface area contributed by atoms with Crippen LogP contribution in [-0.4, -0.2) is 47.8 Å². The van der Waals surface area contributed by atoms with Gasteiger partial charge in [0.05, 0.1) is 25.2 Å². The summed E-state index contributed by atoms with van der Waals surface area (Å²) in [5.74, 6) is 0.391. The standard InChI is InChI=1S/C12H23NO3/c1-9(2)16-7-5-12(15)13-6-4-10(3)11(14)8-13/h9-11,14H,4-8H2,1-3H3. The topological polar surface area (TPSA) is 49.8 Å². The summed E-state index contributed by atoms with van der Waals surface area (Å²) in [5, 5.41) is 9.69. The summed E-state index contributed by atoms with van der Waals surface area (Å²) < 4.78 is 5.34. The van der Waals surface area contributed by atoms with Crippen molar-refractivity contribution in [2.24, 2.45) is 5.92 Å². The molecule has 1 rings (SSSR count). The Labute approximate surface area is 97.6 Å². The van der Waals surface area contributed by atoms with Gasteiger partial charge in [0.15, 0.2) is 0 Å². The van der Waals surface area contributed by atoms with Crippen molar-refractivity contribution in [2.45, 2.75) is 45.8 Å². The quantitative estimate of drug-likeness (QED) is 0.783. The molecular weight excluding hydrogens is 206 g/mol. The lowest BCUT2D eigenvalue weighted by Crippen LogP contribution is -2.46. The van der Waals surface area contributed by atoms with Crippen molar-refractivity contribution in [1.29, 1.82) is 0 Å². The minimum atomic E-state index is -0.372. The predicted molar refractivity (Wildman–Crippen MR) is 62.1 cm³/mol. The third kappa shape index (κ3) is 4.10. The maximum absolute atomic E-state index is 11.8. The molecule has 94 valence electrons. The third-order valence-electron chi connectivity index (χ3n) is 3.04. The maximum atomic E-state index is 11.8. The fraction of sp³-hybridized carbons (Fsp3) is 0.917. The van der Waals surface area contributed by atoms with Crippen molar-refractivity contribution in [1.82, 2.24) is 4.90 Å². The van der Waals surface area contributed by atoms with Crippen molar-refractivity contribution in [3.63, 3.8) is 0 Å². The first kappa shape index (κ1) is 13.5. The van der Waals surface area contributed by atoms with Gasteiger partial charge in [-0.3, -0.25) is 4.79 Å². The fourth-order valence-electron chi connectivity index (χ4n) is 1.82. The van der Waals surface area contributed by atoms with Crippen LogP contribution in [0.5, 0.6) is 0 Å². The average molecular weight is 229 g/mol. The number of hydrogen-bond donors (Lipinski definition) is 1. The molecule has 0 saturated carbocycles. The van der Waals surface area contributed by atoms with Crippen LogP contribution in [0.1, 0.15) is 33.6 Å². The smallest absolute Gasteiger partial charge is 0.224 e. The molecule has 2 unspecified atom stereocenters. The number of β-amino-alcohol motifs (C(OH)–C–C–N with tert-alkyl or cyclic N) is 1. The van der Waals surface area contributed by atoms with E-state index in [4.69, 9.17) is 4.74 Å². The van der Waals surface area contributed by atoms with Gasteiger partial charge in [0.1, 0.15) is 0 Å². The van der Waals surface area contributed by atoms with E-state index >= 15 is 0 Å². The molecule has 0 aromatic carbocycles. The van der Waals surface area contributed by atoms with Gasteiger partial charge >= 0.3 is 0 Å². The van der Waals surface area contributed by atoms with Gasteiger partial charge in [0.2, 0.25) is 5.91 Å². The van der Waals surface area contributed by atoms with E-state index < -0.39 is 0 Å². The van der Waals surface area contributed by atoms with Crippen LogP contribution in [0, 0.1) is 5.92 Å². The largest absolute Gasteiger partial charge is 0.391 e. The fourth-order valence-corrected chi connectivity index (χ4v) is 1.82. The van der Waals surface area contributed by atoms with E-state index in [1.165, 1.54) is 0 Å². The molecule has 2 atom stereocenters. The van der Waals surface area contributed by atoms with E-state index in [-0.39, 0.29) is 18.1 Å². The lowest BCUT2D eigenvalue weighted by Gasteiger charge is -2.34. The summed E-state index contributed by atoms with van der Waals surface area (Å²) in [7, 11) is 0. The minimum Gasteiger partial charge on any atom is -0.391 e. The molecule has 0 aromatic heterocycles. The summed E-state index contributed by atoms with van der Waals surface area (Å²) in [5.41, 5.74) is 0. The minimum absolute atomic E-state index is 0.0894. The monoisotopic (exact) mass is 229 g/mol. The van der Waals surface area contributed by atoms with Crippen LogP contribution in [0.15, 0.2) is 0 Å². The normalized spacial score (nSPS) is 26.2. The number of aliphatic hydroxyl groups is 1. The molecule has 0 spiro atoms. The molecule has 1 heterocycles. The van der Waals surface area contributed by atoms with Gasteiger partial charge in [0, 0.05) is 13.1 Å². The van der Waals surface area contributed by atoms with Gasteiger partial charge in [-0.2, -0.15) is 0 Å². The highest BCUT2D eigenvalue weighted by Gasteiger charge is 2.26. The Bertz CT molecular complexity index is 230. The first-order chi connectivity index (χ1) is 7.50. The summed E-state index contributed by atoms with van der Waals surface area (Å²) in [4.78, 5) is 13.5. The second-order valence-electron chi connectivity index (χ2n) is 4.84. The molecule has 0 aromatic rings. The van der Waals surface area contributed by atoms with Gasteiger partial charge < -0.3 is 14.7 Å². The van der Waals surface area contributed by atoms with Gasteiger partial charge in [-0.15, -0.1) is 0 Å². The van der Waals surface area contributed by atoms with Gasteiger partial charge in [0.25, 0.3) is 0 Å². The number of likely N-dealkylation sites (tertiary alicyclic amines) is 1. The number of hydrogen-bond acceptors (Lipinski definition) is 3. The molecule has 0 aliphatic carbocycles. The Morgan fingerprint density at radius 3 is 2.81 bits per heavy atom. The van der Waals surface area contributed by atoms with E-state index in [1.54, 1.807) is 4.90 Å². The molecule has 1 amide bonds. The van der Waals surface area contributed by atoms with Crippen LogP contribution in [0.4, 0.5) is 0 Å². The highest BCUT2D eigenvalue weighted by atomic mass is 16.5. The first-order valence-electron chi connectivity index (χ1n) is 6.08. The van der Waals surface area contributed by atoms with Crippen LogP contribution in [0.3, 0.4) is 0 Å². The number of amides is 1. The van der Waals surface area contributed by atoms with Crippen molar-refractivity contribution < 1.29 is 14.6 Å². The van der Waals surface area contributed by atoms with Gasteiger partial charge in [-0.25, -0.2) is 0 Å². The van der Waals surface area contributed by atoms with E-state index in [2.05, 4.69) is 0 Å². The molecule has 16 heavy (non-hydrogen) atoms. The van der Waals surface area contributed by atoms with Crippen LogP contribution in [-0.2, 0) is 9.53 Å². The average Bonchev–Trinajstić information content (AvgIpc) is 2.21. The SMILES string of the molecule is CC(C)OCCC(=O)N1CCC(C)C(O)C1. The maximum Gasteiger partial charge on any atom is 0.224 e. The Kier molecular flexibility index (Phi) is 5.22. The van der Waals surface area contributed by atoms with Crippen molar-refractivity contribution in [3.8, 4) is 0 Å². The van der Waals surface area contributed by atoms with E-state index in [0.29, 0.717) is 25.5 Å². The molecular formula is C12H23NO3. The lowest BCUT2D eigenvalue weighted by atomic mass is 9.96. The second kappa shape index (κ2) is 6.21. The second-order valence-corrected chi connectivity index (χ2v) is 4.84. The molecule has 0 radical (unpaired) electrons. The number of rotatable bonds is 4. The van der Waals surface area contributed by atoms with E-state index in [0.717, 1.165) is 13.0 Å². The van der Waals surface area contributed by atoms with E-state index in [1.807, 2.05) is 20.8 Å². The lowest BCUT2D eigenvalue weighted by molar-refractivity contribution is -0.136. The zero-order valence-corrected chi connectivity index (χ0v) is 10.5. The Hall–Kier alpha value is -0.610. The number of ether oxygens (including phenoxy) is 1. The molecule has 4 heteroatoms. The van der Waals surface area contributed by atoms with Crippen molar-refractivity contribution >= 4 is 5.91 Å². The van der Waals surface area contributed by atoms with Crippen LogP contribution >= 0.6 is 0 Å². The van der Waals surface area contributed by atoms with E-state index in [9.17, 15) is 9.90 Å². The third-order valence-corrected chi connectivity index (χ3v) is 3.04.